The Balaban J connectivity index is 1.79. The molecule has 0 radical (unpaired) electrons. The monoisotopic (exact) mass is 367 g/mol. The zero-order chi connectivity index (χ0) is 18.1. The molecule has 136 valence electrons. The number of hydrogen-bond donors (Lipinski definition) is 0. The minimum Gasteiger partial charge on any atom is -0.469 e. The highest BCUT2D eigenvalue weighted by Gasteiger charge is 2.39. The molecule has 1 aliphatic carbocycles. The van der Waals surface area contributed by atoms with E-state index in [1.54, 1.807) is 17.6 Å². The van der Waals surface area contributed by atoms with Crippen molar-refractivity contribution in [3.63, 3.8) is 0 Å². The van der Waals surface area contributed by atoms with Gasteiger partial charge in [0.05, 0.1) is 6.26 Å². The molecule has 0 saturated carbocycles. The van der Waals surface area contributed by atoms with Crippen molar-refractivity contribution in [2.45, 2.75) is 51.4 Å². The Kier molecular flexibility index (Phi) is 4.86. The van der Waals surface area contributed by atoms with Gasteiger partial charge < -0.3 is 9.32 Å². The standard InChI is InChI=1S/C22H25NO2S/c1-3-6-17-13-18(15-8-10-26-14-15)22-19(23(17)4-2)11-16(12-20(22)24)21-7-5-9-25-21/h5,7-10,13-14,16,18H,3-4,6,11-12H2,1-2H3. The normalized spacial score (nSPS) is 23.2. The summed E-state index contributed by atoms with van der Waals surface area (Å²) in [4.78, 5) is 15.6. The smallest absolute Gasteiger partial charge is 0.162 e. The quantitative estimate of drug-likeness (QED) is 0.665. The fourth-order valence-electron chi connectivity index (χ4n) is 4.37. The number of Topliss-reactive ketones (excluding diaryl/α,β-unsaturated/α-hetero) is 1. The molecule has 0 bridgehead atoms. The summed E-state index contributed by atoms with van der Waals surface area (Å²) in [6.07, 6.45) is 7.62. The molecular weight excluding hydrogens is 342 g/mol. The summed E-state index contributed by atoms with van der Waals surface area (Å²) in [7, 11) is 0. The van der Waals surface area contributed by atoms with E-state index in [1.165, 1.54) is 17.0 Å². The van der Waals surface area contributed by atoms with Gasteiger partial charge in [-0.05, 0) is 54.3 Å². The van der Waals surface area contributed by atoms with Crippen LogP contribution in [0.3, 0.4) is 0 Å². The largest absolute Gasteiger partial charge is 0.469 e. The number of ketones is 1. The number of carbonyl (C=O) groups excluding carboxylic acids is 1. The fourth-order valence-corrected chi connectivity index (χ4v) is 5.06. The molecule has 3 heterocycles. The Bertz CT molecular complexity index is 830. The second-order valence-electron chi connectivity index (χ2n) is 7.09. The summed E-state index contributed by atoms with van der Waals surface area (Å²) in [6.45, 7) is 5.30. The number of allylic oxidation sites excluding steroid dienone is 4. The molecule has 2 aromatic rings. The van der Waals surface area contributed by atoms with E-state index < -0.39 is 0 Å². The molecule has 2 unspecified atom stereocenters. The topological polar surface area (TPSA) is 33.5 Å². The van der Waals surface area contributed by atoms with Crippen LogP contribution in [0.4, 0.5) is 0 Å². The summed E-state index contributed by atoms with van der Waals surface area (Å²) in [6, 6.07) is 6.08. The molecular formula is C22H25NO2S. The first kappa shape index (κ1) is 17.3. The molecule has 2 aliphatic rings. The van der Waals surface area contributed by atoms with Crippen LogP contribution in [0.25, 0.3) is 0 Å². The van der Waals surface area contributed by atoms with Crippen molar-refractivity contribution >= 4 is 17.1 Å². The van der Waals surface area contributed by atoms with Gasteiger partial charge in [-0.25, -0.2) is 0 Å². The van der Waals surface area contributed by atoms with Crippen LogP contribution >= 0.6 is 11.3 Å². The van der Waals surface area contributed by atoms with E-state index in [4.69, 9.17) is 4.42 Å². The van der Waals surface area contributed by atoms with Gasteiger partial charge in [0.1, 0.15) is 5.76 Å². The lowest BCUT2D eigenvalue weighted by atomic mass is 9.75. The molecule has 0 fully saturated rings. The molecule has 0 saturated heterocycles. The van der Waals surface area contributed by atoms with Crippen molar-refractivity contribution in [2.24, 2.45) is 0 Å². The summed E-state index contributed by atoms with van der Waals surface area (Å²) in [5, 5.41) is 4.29. The summed E-state index contributed by atoms with van der Waals surface area (Å²) < 4.78 is 5.64. The zero-order valence-corrected chi connectivity index (χ0v) is 16.2. The molecule has 0 spiro atoms. The lowest BCUT2D eigenvalue weighted by Crippen LogP contribution is -2.35. The van der Waals surface area contributed by atoms with Crippen LogP contribution in [0.2, 0.25) is 0 Å². The predicted octanol–water partition coefficient (Wildman–Crippen LogP) is 5.85. The van der Waals surface area contributed by atoms with Crippen LogP contribution in [0, 0.1) is 0 Å². The van der Waals surface area contributed by atoms with Gasteiger partial charge in [-0.2, -0.15) is 11.3 Å². The lowest BCUT2D eigenvalue weighted by molar-refractivity contribution is -0.117. The first-order valence-electron chi connectivity index (χ1n) is 9.52. The Morgan fingerprint density at radius 2 is 2.15 bits per heavy atom. The number of nitrogens with zero attached hydrogens (tertiary/aromatic N) is 1. The van der Waals surface area contributed by atoms with E-state index in [-0.39, 0.29) is 17.6 Å². The fraction of sp³-hybridized carbons (Fsp3) is 0.409. The van der Waals surface area contributed by atoms with Gasteiger partial charge in [-0.3, -0.25) is 4.79 Å². The van der Waals surface area contributed by atoms with E-state index in [0.717, 1.165) is 37.1 Å². The van der Waals surface area contributed by atoms with Gasteiger partial charge in [0.25, 0.3) is 0 Å². The third-order valence-electron chi connectivity index (χ3n) is 5.50. The molecule has 0 N–H and O–H groups in total. The van der Waals surface area contributed by atoms with E-state index in [2.05, 4.69) is 41.6 Å². The molecule has 0 aromatic carbocycles. The lowest BCUT2D eigenvalue weighted by Gasteiger charge is -2.41. The van der Waals surface area contributed by atoms with Crippen LogP contribution in [-0.2, 0) is 4.79 Å². The van der Waals surface area contributed by atoms with E-state index in [1.807, 2.05) is 12.1 Å². The van der Waals surface area contributed by atoms with Crippen molar-refractivity contribution in [1.82, 2.24) is 4.90 Å². The van der Waals surface area contributed by atoms with Gasteiger partial charge in [-0.15, -0.1) is 0 Å². The molecule has 26 heavy (non-hydrogen) atoms. The first-order chi connectivity index (χ1) is 12.7. The van der Waals surface area contributed by atoms with Crippen LogP contribution in [0.5, 0.6) is 0 Å². The number of furan rings is 1. The average Bonchev–Trinajstić information content (AvgIpc) is 3.35. The maximum absolute atomic E-state index is 13.2. The van der Waals surface area contributed by atoms with E-state index >= 15 is 0 Å². The maximum atomic E-state index is 13.2. The van der Waals surface area contributed by atoms with Crippen molar-refractivity contribution in [2.75, 3.05) is 6.54 Å². The third-order valence-corrected chi connectivity index (χ3v) is 6.20. The van der Waals surface area contributed by atoms with Gasteiger partial charge in [0.15, 0.2) is 5.78 Å². The van der Waals surface area contributed by atoms with Crippen molar-refractivity contribution < 1.29 is 9.21 Å². The first-order valence-corrected chi connectivity index (χ1v) is 10.5. The number of carbonyl (C=O) groups is 1. The van der Waals surface area contributed by atoms with E-state index in [9.17, 15) is 4.79 Å². The Labute approximate surface area is 159 Å². The summed E-state index contributed by atoms with van der Waals surface area (Å²) in [5.41, 5.74) is 4.83. The predicted molar refractivity (Wildman–Crippen MR) is 105 cm³/mol. The van der Waals surface area contributed by atoms with Gasteiger partial charge in [0, 0.05) is 41.8 Å². The van der Waals surface area contributed by atoms with Crippen LogP contribution in [-0.4, -0.2) is 17.2 Å². The average molecular weight is 368 g/mol. The summed E-state index contributed by atoms with van der Waals surface area (Å²) >= 11 is 1.70. The van der Waals surface area contributed by atoms with Crippen molar-refractivity contribution in [3.8, 4) is 0 Å². The van der Waals surface area contributed by atoms with Crippen molar-refractivity contribution in [3.05, 3.63) is 69.6 Å². The second kappa shape index (κ2) is 7.28. The SMILES string of the molecule is CCCC1=CC(c2ccsc2)C2=C(CC(c3ccco3)CC2=O)N1CC. The van der Waals surface area contributed by atoms with Crippen LogP contribution < -0.4 is 0 Å². The molecule has 2 atom stereocenters. The minimum absolute atomic E-state index is 0.102. The number of rotatable bonds is 5. The Hall–Kier alpha value is -2.07. The highest BCUT2D eigenvalue weighted by molar-refractivity contribution is 7.08. The molecule has 4 rings (SSSR count). The number of hydrogen-bond acceptors (Lipinski definition) is 4. The number of thiophene rings is 1. The Morgan fingerprint density at radius 1 is 1.27 bits per heavy atom. The van der Waals surface area contributed by atoms with Crippen molar-refractivity contribution in [1.29, 1.82) is 0 Å². The molecule has 0 amide bonds. The van der Waals surface area contributed by atoms with Gasteiger partial charge >= 0.3 is 0 Å². The Morgan fingerprint density at radius 3 is 2.81 bits per heavy atom. The van der Waals surface area contributed by atoms with E-state index in [0.29, 0.717) is 6.42 Å². The molecule has 3 nitrogen and oxygen atoms in total. The third kappa shape index (κ3) is 2.96. The maximum Gasteiger partial charge on any atom is 0.162 e. The van der Waals surface area contributed by atoms with Crippen LogP contribution in [0.15, 0.2) is 62.7 Å². The summed E-state index contributed by atoms with van der Waals surface area (Å²) in [5.74, 6) is 1.45. The molecule has 4 heteroatoms. The molecule has 1 aliphatic heterocycles. The van der Waals surface area contributed by atoms with Crippen LogP contribution in [0.1, 0.15) is 62.7 Å². The second-order valence-corrected chi connectivity index (χ2v) is 7.87. The highest BCUT2D eigenvalue weighted by atomic mass is 32.1. The zero-order valence-electron chi connectivity index (χ0n) is 15.4. The van der Waals surface area contributed by atoms with Gasteiger partial charge in [0.2, 0.25) is 0 Å². The highest BCUT2D eigenvalue weighted by Crippen LogP contribution is 2.46. The molecule has 2 aromatic heterocycles. The minimum atomic E-state index is 0.102. The van der Waals surface area contributed by atoms with Gasteiger partial charge in [-0.1, -0.05) is 19.4 Å².